The molecule has 0 bridgehead atoms. The third-order valence-corrected chi connectivity index (χ3v) is 5.72. The van der Waals surface area contributed by atoms with Gasteiger partial charge in [-0.1, -0.05) is 48.5 Å². The summed E-state index contributed by atoms with van der Waals surface area (Å²) in [5.41, 5.74) is 2.96. The van der Waals surface area contributed by atoms with Crippen molar-refractivity contribution < 1.29 is 14.3 Å². The minimum Gasteiger partial charge on any atom is -0.496 e. The second-order valence-corrected chi connectivity index (χ2v) is 7.89. The summed E-state index contributed by atoms with van der Waals surface area (Å²) in [6.45, 7) is 0. The first-order valence-corrected chi connectivity index (χ1v) is 10.9. The number of benzene rings is 3. The maximum Gasteiger partial charge on any atom is 0.276 e. The number of ketones is 1. The Kier molecular flexibility index (Phi) is 5.74. The number of ether oxygens (including phenoxy) is 1. The number of para-hydroxylation sites is 2. The zero-order valence-corrected chi connectivity index (χ0v) is 18.5. The summed E-state index contributed by atoms with van der Waals surface area (Å²) in [5, 5.41) is 4.64. The van der Waals surface area contributed by atoms with Gasteiger partial charge in [0.05, 0.1) is 12.6 Å². The summed E-state index contributed by atoms with van der Waals surface area (Å²) in [5.74, 6) is 0.617. The number of imidazole rings is 1. The van der Waals surface area contributed by atoms with E-state index >= 15 is 0 Å². The summed E-state index contributed by atoms with van der Waals surface area (Å²) in [6.07, 6.45) is 2.54. The Bertz CT molecular complexity index is 1520. The summed E-state index contributed by atoms with van der Waals surface area (Å²) in [6, 6.07) is 22.5. The summed E-state index contributed by atoms with van der Waals surface area (Å²) >= 11 is 0. The minimum atomic E-state index is -0.381. The normalized spacial score (nSPS) is 11.0. The number of pyridine rings is 1. The zero-order chi connectivity index (χ0) is 23.5. The van der Waals surface area contributed by atoms with Crippen LogP contribution in [0.15, 0.2) is 79.0 Å². The summed E-state index contributed by atoms with van der Waals surface area (Å²) in [4.78, 5) is 37.6. The molecule has 2 aromatic heterocycles. The average molecular weight is 450 g/mol. The monoisotopic (exact) mass is 450 g/mol. The first kappa shape index (κ1) is 21.3. The Morgan fingerprint density at radius 1 is 0.971 bits per heavy atom. The van der Waals surface area contributed by atoms with Crippen LogP contribution in [0.2, 0.25) is 0 Å². The number of amides is 1. The van der Waals surface area contributed by atoms with Crippen molar-refractivity contribution >= 4 is 39.4 Å². The third-order valence-electron chi connectivity index (χ3n) is 5.72. The topological polar surface area (TPSA) is 97.0 Å². The SMILES string of the molecule is COc1ccccc1CCC(=O)c1cccc2[nH]c(NC(=O)c3cc4ccccc4cn3)nc12. The van der Waals surface area contributed by atoms with Gasteiger partial charge in [0.1, 0.15) is 17.0 Å². The van der Waals surface area contributed by atoms with Crippen LogP contribution in [0.3, 0.4) is 0 Å². The van der Waals surface area contributed by atoms with Crippen molar-refractivity contribution in [1.82, 2.24) is 15.0 Å². The van der Waals surface area contributed by atoms with E-state index in [9.17, 15) is 9.59 Å². The lowest BCUT2D eigenvalue weighted by Gasteiger charge is -2.07. The van der Waals surface area contributed by atoms with Crippen LogP contribution in [0.4, 0.5) is 5.95 Å². The number of aryl methyl sites for hydroxylation is 1. The molecule has 7 heteroatoms. The highest BCUT2D eigenvalue weighted by Gasteiger charge is 2.16. The Hall–Kier alpha value is -4.52. The van der Waals surface area contributed by atoms with Crippen LogP contribution in [0.5, 0.6) is 5.75 Å². The number of nitrogens with one attached hydrogen (secondary N) is 2. The van der Waals surface area contributed by atoms with E-state index in [0.29, 0.717) is 29.4 Å². The largest absolute Gasteiger partial charge is 0.496 e. The highest BCUT2D eigenvalue weighted by atomic mass is 16.5. The second kappa shape index (κ2) is 9.15. The van der Waals surface area contributed by atoms with E-state index in [1.165, 1.54) is 0 Å². The van der Waals surface area contributed by atoms with Crippen LogP contribution < -0.4 is 10.1 Å². The van der Waals surface area contributed by atoms with E-state index in [1.54, 1.807) is 31.5 Å². The summed E-state index contributed by atoms with van der Waals surface area (Å²) in [7, 11) is 1.62. The molecule has 0 saturated carbocycles. The van der Waals surface area contributed by atoms with Crippen LogP contribution in [-0.4, -0.2) is 33.8 Å². The van der Waals surface area contributed by atoms with Gasteiger partial charge in [-0.3, -0.25) is 19.9 Å². The fourth-order valence-electron chi connectivity index (χ4n) is 3.99. The number of fused-ring (bicyclic) bond motifs is 2. The molecule has 34 heavy (non-hydrogen) atoms. The van der Waals surface area contributed by atoms with Crippen molar-refractivity contribution in [1.29, 1.82) is 0 Å². The van der Waals surface area contributed by atoms with Crippen LogP contribution >= 0.6 is 0 Å². The predicted molar refractivity (Wildman–Crippen MR) is 131 cm³/mol. The minimum absolute atomic E-state index is 0.0305. The molecule has 0 aliphatic rings. The van der Waals surface area contributed by atoms with Gasteiger partial charge in [-0.05, 0) is 41.6 Å². The molecule has 0 atom stereocenters. The molecule has 0 radical (unpaired) electrons. The quantitative estimate of drug-likeness (QED) is 0.333. The van der Waals surface area contributed by atoms with Gasteiger partial charge < -0.3 is 9.72 Å². The Balaban J connectivity index is 1.35. The Labute approximate surface area is 195 Å². The molecule has 1 amide bonds. The maximum absolute atomic E-state index is 13.0. The molecule has 0 saturated heterocycles. The maximum atomic E-state index is 13.0. The predicted octanol–water partition coefficient (Wildman–Crippen LogP) is 5.19. The molecule has 0 aliphatic heterocycles. The second-order valence-electron chi connectivity index (χ2n) is 7.89. The van der Waals surface area contributed by atoms with Crippen molar-refractivity contribution in [3.05, 3.63) is 95.8 Å². The number of hydrogen-bond donors (Lipinski definition) is 2. The zero-order valence-electron chi connectivity index (χ0n) is 18.5. The molecule has 5 aromatic rings. The van der Waals surface area contributed by atoms with Gasteiger partial charge in [0.2, 0.25) is 5.95 Å². The van der Waals surface area contributed by atoms with Crippen molar-refractivity contribution in [2.45, 2.75) is 12.8 Å². The fourth-order valence-corrected chi connectivity index (χ4v) is 3.99. The fraction of sp³-hybridized carbons (Fsp3) is 0.111. The number of carbonyl (C=O) groups excluding carboxylic acids is 2. The highest BCUT2D eigenvalue weighted by Crippen LogP contribution is 2.23. The lowest BCUT2D eigenvalue weighted by Crippen LogP contribution is -2.14. The highest BCUT2D eigenvalue weighted by molar-refractivity contribution is 6.08. The lowest BCUT2D eigenvalue weighted by molar-refractivity contribution is 0.0982. The molecule has 2 heterocycles. The number of carbonyl (C=O) groups is 2. The van der Waals surface area contributed by atoms with Gasteiger partial charge in [-0.2, -0.15) is 0 Å². The standard InChI is InChI=1S/C27H22N4O3/c1-34-24-12-5-4-7-17(24)13-14-23(32)20-10-6-11-21-25(20)30-27(29-21)31-26(33)22-15-18-8-2-3-9-19(18)16-28-22/h2-12,15-16H,13-14H2,1H3,(H2,29,30,31,33). The molecule has 0 aliphatic carbocycles. The van der Waals surface area contributed by atoms with Crippen LogP contribution in [0.1, 0.15) is 32.8 Å². The van der Waals surface area contributed by atoms with Gasteiger partial charge in [0.15, 0.2) is 5.78 Å². The number of anilines is 1. The van der Waals surface area contributed by atoms with Crippen molar-refractivity contribution in [3.63, 3.8) is 0 Å². The van der Waals surface area contributed by atoms with E-state index in [-0.39, 0.29) is 23.3 Å². The molecular weight excluding hydrogens is 428 g/mol. The van der Waals surface area contributed by atoms with E-state index in [4.69, 9.17) is 4.74 Å². The lowest BCUT2D eigenvalue weighted by atomic mass is 10.0. The number of Topliss-reactive ketones (excluding diaryl/α,β-unsaturated/α-hetero) is 1. The Morgan fingerprint density at radius 3 is 2.62 bits per heavy atom. The van der Waals surface area contributed by atoms with Crippen LogP contribution in [-0.2, 0) is 6.42 Å². The van der Waals surface area contributed by atoms with Crippen molar-refractivity contribution in [2.75, 3.05) is 12.4 Å². The Morgan fingerprint density at radius 2 is 1.76 bits per heavy atom. The van der Waals surface area contributed by atoms with Crippen molar-refractivity contribution in [2.24, 2.45) is 0 Å². The number of aromatic nitrogens is 3. The van der Waals surface area contributed by atoms with Gasteiger partial charge in [0.25, 0.3) is 5.91 Å². The number of nitrogens with zero attached hydrogens (tertiary/aromatic N) is 2. The van der Waals surface area contributed by atoms with E-state index in [1.807, 2.05) is 54.6 Å². The molecule has 0 fully saturated rings. The number of methoxy groups -OCH3 is 1. The molecule has 2 N–H and O–H groups in total. The van der Waals surface area contributed by atoms with Gasteiger partial charge in [-0.25, -0.2) is 4.98 Å². The number of aromatic amines is 1. The van der Waals surface area contributed by atoms with E-state index in [0.717, 1.165) is 22.1 Å². The molecule has 168 valence electrons. The number of hydrogen-bond acceptors (Lipinski definition) is 5. The first-order chi connectivity index (χ1) is 16.6. The molecule has 5 rings (SSSR count). The van der Waals surface area contributed by atoms with Crippen molar-refractivity contribution in [3.8, 4) is 5.75 Å². The van der Waals surface area contributed by atoms with Gasteiger partial charge in [0, 0.05) is 23.6 Å². The van der Waals surface area contributed by atoms with E-state index in [2.05, 4.69) is 20.3 Å². The molecular formula is C27H22N4O3. The first-order valence-electron chi connectivity index (χ1n) is 10.9. The molecule has 7 nitrogen and oxygen atoms in total. The van der Waals surface area contributed by atoms with Gasteiger partial charge in [-0.15, -0.1) is 0 Å². The van der Waals surface area contributed by atoms with Crippen LogP contribution in [0.25, 0.3) is 21.8 Å². The number of rotatable bonds is 7. The average Bonchev–Trinajstić information content (AvgIpc) is 3.29. The molecule has 3 aromatic carbocycles. The smallest absolute Gasteiger partial charge is 0.276 e. The van der Waals surface area contributed by atoms with Gasteiger partial charge >= 0.3 is 0 Å². The third kappa shape index (κ3) is 4.23. The molecule has 0 unspecified atom stereocenters. The van der Waals surface area contributed by atoms with E-state index < -0.39 is 0 Å². The molecule has 0 spiro atoms. The number of H-pyrrole nitrogens is 1. The van der Waals surface area contributed by atoms with Crippen LogP contribution in [0, 0.1) is 0 Å². The summed E-state index contributed by atoms with van der Waals surface area (Å²) < 4.78 is 5.38.